The molecule has 0 unspecified atom stereocenters. The van der Waals surface area contributed by atoms with Crippen molar-refractivity contribution in [3.05, 3.63) is 397 Å². The van der Waals surface area contributed by atoms with E-state index in [9.17, 15) is 0 Å². The van der Waals surface area contributed by atoms with Crippen LogP contribution in [-0.2, 0) is 16.2 Å². The molecule has 3 aliphatic carbocycles. The standard InChI is InChI=1S/C60H43NSe.C51H35NSe/c1-59(2)51-20-9-5-14-43(51)45-27-24-37(34-53(45)59)39-30-38(31-40(32-39)42-18-13-19-49-48-17-8-12-23-57(48)62-58(42)49)36-25-29-56-50(33-36)47-16-7-11-22-55(47)61(56)41-26-28-46-44-15-6-10-21-52(44)60(3,4)54(46)35-41;1-51(2)45-20-9-6-15-39(45)40-25-23-33(31-46(40)51)35-27-34(28-36(29-35)38-18-12-19-43-42-17-8-11-22-49(42)53-50(38)43)32-24-26-48-44(30-32)41-16-7-10-21-47(41)52(48)37-13-4-3-5-14-37/h5-35H,1-4H3;3-31H,1-2H3. The van der Waals surface area contributed by atoms with Crippen LogP contribution in [0.5, 0.6) is 0 Å². The fourth-order valence-corrected chi connectivity index (χ4v) is 25.4. The Morgan fingerprint density at radius 1 is 0.183 bits per heavy atom. The second-order valence-electron chi connectivity index (χ2n) is 33.4. The van der Waals surface area contributed by atoms with Crippen LogP contribution in [-0.4, -0.2) is 38.1 Å². The van der Waals surface area contributed by atoms with Crippen molar-refractivity contribution in [2.24, 2.45) is 0 Å². The van der Waals surface area contributed by atoms with Crippen LogP contribution in [0.3, 0.4) is 0 Å². The summed E-state index contributed by atoms with van der Waals surface area (Å²) in [5.74, 6) is 0. The number of para-hydroxylation sites is 3. The first-order chi connectivity index (χ1) is 56.3. The second-order valence-corrected chi connectivity index (χ2v) is 37.8. The molecule has 0 fully saturated rings. The van der Waals surface area contributed by atoms with E-state index >= 15 is 0 Å². The van der Waals surface area contributed by atoms with Crippen LogP contribution < -0.4 is 0 Å². The number of benzene rings is 17. The van der Waals surface area contributed by atoms with Crippen LogP contribution in [0.4, 0.5) is 0 Å². The van der Waals surface area contributed by atoms with Crippen molar-refractivity contribution in [3.63, 3.8) is 0 Å². The van der Waals surface area contributed by atoms with Gasteiger partial charge in [0.05, 0.1) is 0 Å². The third-order valence-corrected chi connectivity index (χ3v) is 31.1. The molecule has 4 heterocycles. The molecule has 21 aromatic rings. The van der Waals surface area contributed by atoms with Gasteiger partial charge in [-0.05, 0) is 22.3 Å². The van der Waals surface area contributed by atoms with E-state index in [1.165, 1.54) is 227 Å². The molecule has 4 aromatic heterocycles. The van der Waals surface area contributed by atoms with E-state index in [0.29, 0.717) is 0 Å². The zero-order chi connectivity index (χ0) is 76.7. The monoisotopic (exact) mass is 1600 g/mol. The predicted octanol–water partition coefficient (Wildman–Crippen LogP) is 29.2. The molecule has 0 atom stereocenters. The maximum atomic E-state index is 2.48. The normalized spacial score (nSPS) is 13.9. The van der Waals surface area contributed by atoms with Gasteiger partial charge in [0.2, 0.25) is 0 Å². The molecule has 0 radical (unpaired) electrons. The predicted molar refractivity (Wildman–Crippen MR) is 491 cm³/mol. The third kappa shape index (κ3) is 10.5. The fraction of sp³-hybridized carbons (Fsp3) is 0.0811. The quantitative estimate of drug-likeness (QED) is 0.134. The van der Waals surface area contributed by atoms with Gasteiger partial charge in [-0.3, -0.25) is 0 Å². The topological polar surface area (TPSA) is 9.86 Å². The number of hydrogen-bond donors (Lipinski definition) is 0. The molecule has 3 aliphatic rings. The molecule has 0 bridgehead atoms. The summed E-state index contributed by atoms with van der Waals surface area (Å²) < 4.78 is 10.8. The van der Waals surface area contributed by atoms with Gasteiger partial charge in [-0.1, -0.05) is 62.4 Å². The molecular formula is C111H78N2Se2. The van der Waals surface area contributed by atoms with Crippen molar-refractivity contribution in [3.8, 4) is 112 Å². The van der Waals surface area contributed by atoms with E-state index < -0.39 is 0 Å². The molecule has 17 aromatic carbocycles. The van der Waals surface area contributed by atoms with Gasteiger partial charge in [-0.15, -0.1) is 0 Å². The van der Waals surface area contributed by atoms with Gasteiger partial charge in [0.25, 0.3) is 0 Å². The summed E-state index contributed by atoms with van der Waals surface area (Å²) in [6.45, 7) is 14.2. The Bertz CT molecular complexity index is 7690. The third-order valence-electron chi connectivity index (χ3n) is 26.0. The molecule has 4 heteroatoms. The Labute approximate surface area is 681 Å². The van der Waals surface area contributed by atoms with Crippen molar-refractivity contribution in [1.82, 2.24) is 9.13 Å². The van der Waals surface area contributed by atoms with Crippen molar-refractivity contribution in [2.45, 2.75) is 57.8 Å². The average Bonchev–Trinajstić information content (AvgIpc) is 1.57. The maximum absolute atomic E-state index is 2.48. The van der Waals surface area contributed by atoms with Crippen LogP contribution >= 0.6 is 0 Å². The van der Waals surface area contributed by atoms with Crippen LogP contribution in [0.2, 0.25) is 0 Å². The van der Waals surface area contributed by atoms with Gasteiger partial charge in [0, 0.05) is 5.41 Å². The summed E-state index contributed by atoms with van der Waals surface area (Å²) in [7, 11) is 0. The number of fused-ring (bicyclic) bond motifs is 21. The number of hydrogen-bond acceptors (Lipinski definition) is 0. The Kier molecular flexibility index (Phi) is 15.2. The summed E-state index contributed by atoms with van der Waals surface area (Å²) in [5, 5.41) is 10.6. The summed E-state index contributed by atoms with van der Waals surface area (Å²) in [4.78, 5) is 0. The van der Waals surface area contributed by atoms with Crippen LogP contribution in [0, 0.1) is 0 Å². The molecule has 544 valence electrons. The van der Waals surface area contributed by atoms with Gasteiger partial charge in [0.1, 0.15) is 0 Å². The van der Waals surface area contributed by atoms with Gasteiger partial charge in [0.15, 0.2) is 0 Å². The molecule has 0 spiro atoms. The minimum atomic E-state index is -0.0747. The molecule has 0 amide bonds. The molecule has 2 nitrogen and oxygen atoms in total. The molecular weight excluding hydrogens is 1520 g/mol. The summed E-state index contributed by atoms with van der Waals surface area (Å²) >= 11 is 0.485. The fourth-order valence-electron chi connectivity index (χ4n) is 20.2. The van der Waals surface area contributed by atoms with E-state index in [-0.39, 0.29) is 45.3 Å². The van der Waals surface area contributed by atoms with Crippen LogP contribution in [0.1, 0.15) is 74.9 Å². The van der Waals surface area contributed by atoms with Crippen molar-refractivity contribution in [1.29, 1.82) is 0 Å². The van der Waals surface area contributed by atoms with Crippen molar-refractivity contribution >= 4 is 111 Å². The van der Waals surface area contributed by atoms with E-state index in [4.69, 9.17) is 0 Å². The second kappa shape index (κ2) is 25.7. The van der Waals surface area contributed by atoms with Gasteiger partial charge in [-0.2, -0.15) is 0 Å². The molecule has 24 rings (SSSR count). The Morgan fingerprint density at radius 2 is 0.496 bits per heavy atom. The first-order valence-electron chi connectivity index (χ1n) is 40.3. The average molecular weight is 1600 g/mol. The number of nitrogens with zero attached hydrogens (tertiary/aromatic N) is 2. The molecule has 0 aliphatic heterocycles. The Morgan fingerprint density at radius 3 is 0.948 bits per heavy atom. The molecule has 0 N–H and O–H groups in total. The Balaban J connectivity index is 0.000000138. The minimum absolute atomic E-state index is 0.0606. The van der Waals surface area contributed by atoms with Crippen molar-refractivity contribution < 1.29 is 0 Å². The number of aromatic nitrogens is 2. The van der Waals surface area contributed by atoms with Crippen LogP contribution in [0.15, 0.2) is 364 Å². The van der Waals surface area contributed by atoms with E-state index in [0.717, 1.165) is 0 Å². The summed E-state index contributed by atoms with van der Waals surface area (Å²) in [5.41, 5.74) is 38.8. The molecule has 115 heavy (non-hydrogen) atoms. The number of rotatable bonds is 8. The van der Waals surface area contributed by atoms with Gasteiger partial charge >= 0.3 is 597 Å². The zero-order valence-corrected chi connectivity index (χ0v) is 68.3. The molecule has 0 saturated carbocycles. The van der Waals surface area contributed by atoms with E-state index in [1.54, 1.807) is 0 Å². The first kappa shape index (κ1) is 68.0. The molecule has 0 saturated heterocycles. The first-order valence-corrected chi connectivity index (χ1v) is 43.7. The van der Waals surface area contributed by atoms with E-state index in [1.807, 2.05) is 0 Å². The van der Waals surface area contributed by atoms with Crippen LogP contribution in [0.25, 0.3) is 194 Å². The Hall–Kier alpha value is -12.6. The SMILES string of the molecule is CC1(C)c2ccccc2-c2ccc(-c3cc(-c4ccc5c(c4)c4ccccc4n5-c4ccc5c(c4)C(C)(C)c4ccccc4-5)cc(-c4cccc5c4[se]c4ccccc45)c3)cc21.CC1(C)c2ccccc2-c2ccc(-c3cc(-c4ccc5c(c4)c4ccccc4n5-c4ccccc4)cc(-c4cccc5c4[se]c4ccccc45)c3)cc21. The van der Waals surface area contributed by atoms with Gasteiger partial charge < -0.3 is 0 Å². The van der Waals surface area contributed by atoms with Gasteiger partial charge in [-0.25, -0.2) is 0 Å². The zero-order valence-electron chi connectivity index (χ0n) is 64.9. The summed E-state index contributed by atoms with van der Waals surface area (Å²) in [6, 6.07) is 137. The summed E-state index contributed by atoms with van der Waals surface area (Å²) in [6.07, 6.45) is 0. The van der Waals surface area contributed by atoms with E-state index in [2.05, 4.69) is 415 Å². The van der Waals surface area contributed by atoms with Crippen molar-refractivity contribution in [2.75, 3.05) is 0 Å².